The van der Waals surface area contributed by atoms with Crippen molar-refractivity contribution >= 4 is 7.81 Å². The van der Waals surface area contributed by atoms with E-state index in [-0.39, 0.29) is 0 Å². The summed E-state index contributed by atoms with van der Waals surface area (Å²) in [5, 5.41) is 8.65. The fraction of sp³-hybridized carbons (Fsp3) is 1.00. The van der Waals surface area contributed by atoms with Crippen LogP contribution in [0.3, 0.4) is 0 Å². The van der Waals surface area contributed by atoms with E-state index in [9.17, 15) is 25.2 Å². The third-order valence-corrected chi connectivity index (χ3v) is 2.17. The van der Waals surface area contributed by atoms with E-state index in [0.717, 1.165) is 24.1 Å². The predicted octanol–water partition coefficient (Wildman–Crippen LogP) is 3.85. The predicted molar refractivity (Wildman–Crippen MR) is 52.8 cm³/mol. The molecule has 0 aliphatic heterocycles. The molecular formula is C7H18F6NOP. The first kappa shape index (κ1) is 18.3. The average molecular weight is 277 g/mol. The Balaban J connectivity index is 0. The van der Waals surface area contributed by atoms with Gasteiger partial charge in [0.2, 0.25) is 0 Å². The van der Waals surface area contributed by atoms with Crippen LogP contribution in [0.5, 0.6) is 0 Å². The molecule has 0 spiro atoms. The van der Waals surface area contributed by atoms with Crippen molar-refractivity contribution in [2.45, 2.75) is 13.8 Å². The summed E-state index contributed by atoms with van der Waals surface area (Å²) >= 11 is 0. The van der Waals surface area contributed by atoms with E-state index in [1.807, 2.05) is 0 Å². The van der Waals surface area contributed by atoms with Gasteiger partial charge >= 0.3 is 33.0 Å². The van der Waals surface area contributed by atoms with Gasteiger partial charge in [0.15, 0.2) is 0 Å². The molecule has 0 rings (SSSR count). The summed E-state index contributed by atoms with van der Waals surface area (Å²) in [6.07, 6.45) is 0. The summed E-state index contributed by atoms with van der Waals surface area (Å²) in [5.41, 5.74) is 0. The molecule has 0 aromatic carbocycles. The van der Waals surface area contributed by atoms with E-state index in [4.69, 9.17) is 5.11 Å². The van der Waals surface area contributed by atoms with E-state index in [0.29, 0.717) is 6.61 Å². The first-order chi connectivity index (χ1) is 6.63. The maximum absolute atomic E-state index is 10.7. The summed E-state index contributed by atoms with van der Waals surface area (Å²) in [4.78, 5) is 0. The number of hydrogen-bond donors (Lipinski definition) is 1. The summed E-state index contributed by atoms with van der Waals surface area (Å²) in [6, 6.07) is 0. The second kappa shape index (κ2) is 4.66. The van der Waals surface area contributed by atoms with Crippen LogP contribution in [0.15, 0.2) is 0 Å². The van der Waals surface area contributed by atoms with Crippen LogP contribution in [0.4, 0.5) is 25.2 Å². The molecule has 2 nitrogen and oxygen atoms in total. The molecule has 1 N–H and O–H groups in total. The fourth-order valence-corrected chi connectivity index (χ4v) is 0.781. The van der Waals surface area contributed by atoms with Crippen molar-refractivity contribution in [2.24, 2.45) is 0 Å². The second-order valence-corrected chi connectivity index (χ2v) is 5.57. The van der Waals surface area contributed by atoms with Gasteiger partial charge in [-0.2, -0.15) is 0 Å². The number of quaternary nitrogens is 1. The summed E-state index contributed by atoms with van der Waals surface area (Å²) < 4.78 is 60.2. The van der Waals surface area contributed by atoms with Gasteiger partial charge in [0.1, 0.15) is 6.54 Å². The fourth-order valence-electron chi connectivity index (χ4n) is 0.781. The third kappa shape index (κ3) is 23.6. The van der Waals surface area contributed by atoms with Crippen molar-refractivity contribution in [1.82, 2.24) is 0 Å². The molecule has 0 fully saturated rings. The van der Waals surface area contributed by atoms with Crippen LogP contribution in [-0.4, -0.2) is 42.9 Å². The summed E-state index contributed by atoms with van der Waals surface area (Å²) in [7, 11) is -8.49. The molecular weight excluding hydrogens is 259 g/mol. The van der Waals surface area contributed by atoms with Gasteiger partial charge in [0.05, 0.1) is 26.7 Å². The molecule has 0 heterocycles. The second-order valence-electron chi connectivity index (χ2n) is 3.66. The van der Waals surface area contributed by atoms with Crippen LogP contribution in [-0.2, 0) is 0 Å². The Hall–Kier alpha value is -0.0700. The Kier molecular flexibility index (Phi) is 5.33. The standard InChI is InChI=1S/C7H18NO.F6P/c1-4-8(3,5-2)6-7-9;1-7(2,3,4,5)6/h9H,4-7H2,1-3H3;/q+1;-1. The van der Waals surface area contributed by atoms with Gasteiger partial charge in [-0.3, -0.25) is 0 Å². The zero-order valence-corrected chi connectivity index (χ0v) is 10.3. The van der Waals surface area contributed by atoms with Gasteiger partial charge in [-0.25, -0.2) is 0 Å². The molecule has 0 aromatic heterocycles. The van der Waals surface area contributed by atoms with Crippen molar-refractivity contribution in [3.05, 3.63) is 0 Å². The molecule has 0 unspecified atom stereocenters. The molecule has 9 heteroatoms. The third-order valence-electron chi connectivity index (χ3n) is 2.17. The van der Waals surface area contributed by atoms with E-state index in [1.165, 1.54) is 0 Å². The zero-order chi connectivity index (χ0) is 13.7. The van der Waals surface area contributed by atoms with Gasteiger partial charge < -0.3 is 9.59 Å². The van der Waals surface area contributed by atoms with Crippen molar-refractivity contribution in [2.75, 3.05) is 33.3 Å². The average Bonchev–Trinajstić information content (AvgIpc) is 1.99. The van der Waals surface area contributed by atoms with Crippen molar-refractivity contribution < 1.29 is 34.8 Å². The number of aliphatic hydroxyl groups excluding tert-OH is 1. The van der Waals surface area contributed by atoms with Crippen LogP contribution in [0.2, 0.25) is 0 Å². The summed E-state index contributed by atoms with van der Waals surface area (Å²) in [6.45, 7) is 7.71. The molecule has 104 valence electrons. The Morgan fingerprint density at radius 2 is 1.19 bits per heavy atom. The molecule has 0 atom stereocenters. The quantitative estimate of drug-likeness (QED) is 0.470. The Bertz CT molecular complexity index is 196. The van der Waals surface area contributed by atoms with E-state index >= 15 is 0 Å². The molecule has 0 amide bonds. The van der Waals surface area contributed by atoms with Crippen molar-refractivity contribution in [1.29, 1.82) is 0 Å². The normalized spacial score (nSPS) is 16.9. The molecule has 0 aliphatic carbocycles. The number of likely N-dealkylation sites (N-methyl/N-ethyl adjacent to an activating group) is 1. The van der Waals surface area contributed by atoms with Crippen molar-refractivity contribution in [3.8, 4) is 0 Å². The van der Waals surface area contributed by atoms with E-state index in [2.05, 4.69) is 20.9 Å². The SMILES string of the molecule is CC[N+](C)(CC)CCO.F[P-](F)(F)(F)(F)F. The Labute approximate surface area is 90.7 Å². The monoisotopic (exact) mass is 277 g/mol. The Morgan fingerprint density at radius 3 is 1.25 bits per heavy atom. The molecule has 16 heavy (non-hydrogen) atoms. The van der Waals surface area contributed by atoms with Gasteiger partial charge in [-0.15, -0.1) is 0 Å². The topological polar surface area (TPSA) is 20.2 Å². The zero-order valence-electron chi connectivity index (χ0n) is 9.44. The van der Waals surface area contributed by atoms with Gasteiger partial charge in [0, 0.05) is 0 Å². The van der Waals surface area contributed by atoms with Crippen LogP contribution in [0, 0.1) is 0 Å². The van der Waals surface area contributed by atoms with Crippen LogP contribution < -0.4 is 0 Å². The number of rotatable bonds is 4. The maximum atomic E-state index is 9.87. The van der Waals surface area contributed by atoms with Gasteiger partial charge in [0.25, 0.3) is 0 Å². The number of nitrogens with zero attached hydrogens (tertiary/aromatic N) is 1. The molecule has 0 saturated carbocycles. The van der Waals surface area contributed by atoms with Crippen molar-refractivity contribution in [3.63, 3.8) is 0 Å². The number of hydrogen-bond acceptors (Lipinski definition) is 1. The van der Waals surface area contributed by atoms with E-state index < -0.39 is 7.81 Å². The first-order valence-electron chi connectivity index (χ1n) is 4.64. The first-order valence-corrected chi connectivity index (χ1v) is 6.67. The Morgan fingerprint density at radius 1 is 0.938 bits per heavy atom. The van der Waals surface area contributed by atoms with Gasteiger partial charge in [-0.05, 0) is 13.8 Å². The molecule has 0 saturated heterocycles. The molecule has 0 aromatic rings. The number of aliphatic hydroxyl groups is 1. The minimum absolute atomic E-state index is 0.304. The number of halogens is 6. The molecule has 0 bridgehead atoms. The minimum atomic E-state index is -10.7. The molecule has 0 aliphatic rings. The summed E-state index contributed by atoms with van der Waals surface area (Å²) in [5.74, 6) is 0. The van der Waals surface area contributed by atoms with E-state index in [1.54, 1.807) is 0 Å². The van der Waals surface area contributed by atoms with Gasteiger partial charge in [-0.1, -0.05) is 0 Å². The van der Waals surface area contributed by atoms with Crippen LogP contribution in [0.25, 0.3) is 0 Å². The molecule has 0 radical (unpaired) electrons. The van der Waals surface area contributed by atoms with Crippen LogP contribution >= 0.6 is 7.81 Å². The van der Waals surface area contributed by atoms with Crippen LogP contribution in [0.1, 0.15) is 13.8 Å².